The van der Waals surface area contributed by atoms with Crippen molar-refractivity contribution in [3.63, 3.8) is 0 Å². The van der Waals surface area contributed by atoms with Crippen molar-refractivity contribution in [3.8, 4) is 5.75 Å². The molecule has 0 atom stereocenters. The van der Waals surface area contributed by atoms with Gasteiger partial charge in [-0.1, -0.05) is 12.8 Å². The number of aromatic nitrogens is 1. The number of ether oxygens (including phenoxy) is 1. The number of amides is 1. The van der Waals surface area contributed by atoms with Crippen molar-refractivity contribution < 1.29 is 9.53 Å². The molecule has 29 heavy (non-hydrogen) atoms. The summed E-state index contributed by atoms with van der Waals surface area (Å²) in [6.07, 6.45) is 6.44. The number of hydrogen-bond acceptors (Lipinski definition) is 5. The second kappa shape index (κ2) is 9.16. The van der Waals surface area contributed by atoms with Gasteiger partial charge < -0.3 is 19.4 Å². The lowest BCUT2D eigenvalue weighted by Gasteiger charge is -2.37. The van der Waals surface area contributed by atoms with Crippen LogP contribution in [0.1, 0.15) is 36.0 Å². The molecule has 0 saturated carbocycles. The lowest BCUT2D eigenvalue weighted by molar-refractivity contribution is 0.0761. The quantitative estimate of drug-likeness (QED) is 0.795. The zero-order chi connectivity index (χ0) is 20.1. The van der Waals surface area contributed by atoms with Crippen molar-refractivity contribution >= 4 is 17.4 Å². The molecule has 2 fully saturated rings. The number of nitrogens with zero attached hydrogens (tertiary/aromatic N) is 4. The number of rotatable bonds is 4. The van der Waals surface area contributed by atoms with Gasteiger partial charge in [0.1, 0.15) is 11.6 Å². The number of anilines is 2. The highest BCUT2D eigenvalue weighted by molar-refractivity contribution is 5.94. The van der Waals surface area contributed by atoms with Gasteiger partial charge in [-0.25, -0.2) is 4.98 Å². The van der Waals surface area contributed by atoms with E-state index in [0.29, 0.717) is 0 Å². The Morgan fingerprint density at radius 1 is 0.862 bits per heavy atom. The first-order chi connectivity index (χ1) is 14.2. The van der Waals surface area contributed by atoms with Gasteiger partial charge in [-0.05, 0) is 49.2 Å². The summed E-state index contributed by atoms with van der Waals surface area (Å²) in [6, 6.07) is 12.0. The number of piperazine rings is 1. The second-order valence-electron chi connectivity index (χ2n) is 7.78. The van der Waals surface area contributed by atoms with E-state index in [2.05, 4.69) is 26.9 Å². The maximum atomic E-state index is 12.9. The summed E-state index contributed by atoms with van der Waals surface area (Å²) in [5.41, 5.74) is 1.97. The molecule has 2 aliphatic rings. The van der Waals surface area contributed by atoms with Gasteiger partial charge in [0.2, 0.25) is 0 Å². The Morgan fingerprint density at radius 2 is 1.52 bits per heavy atom. The summed E-state index contributed by atoms with van der Waals surface area (Å²) in [5.74, 6) is 1.93. The normalized spacial score (nSPS) is 17.8. The fourth-order valence-corrected chi connectivity index (χ4v) is 4.17. The molecule has 6 heteroatoms. The summed E-state index contributed by atoms with van der Waals surface area (Å²) < 4.78 is 5.25. The highest BCUT2D eigenvalue weighted by atomic mass is 16.5. The topological polar surface area (TPSA) is 48.9 Å². The number of carbonyl (C=O) groups excluding carboxylic acids is 1. The van der Waals surface area contributed by atoms with Gasteiger partial charge in [0.15, 0.2) is 0 Å². The molecule has 2 aliphatic heterocycles. The Bertz CT molecular complexity index is 808. The zero-order valence-electron chi connectivity index (χ0n) is 17.2. The maximum Gasteiger partial charge on any atom is 0.254 e. The molecule has 3 heterocycles. The van der Waals surface area contributed by atoms with E-state index in [9.17, 15) is 4.79 Å². The maximum absolute atomic E-state index is 12.9. The molecule has 0 unspecified atom stereocenters. The molecule has 4 rings (SSSR count). The van der Waals surface area contributed by atoms with Gasteiger partial charge in [-0.15, -0.1) is 0 Å². The smallest absolute Gasteiger partial charge is 0.254 e. The van der Waals surface area contributed by atoms with E-state index < -0.39 is 0 Å². The second-order valence-corrected chi connectivity index (χ2v) is 7.78. The number of hydrogen-bond donors (Lipinski definition) is 0. The number of methoxy groups -OCH3 is 1. The van der Waals surface area contributed by atoms with E-state index in [1.54, 1.807) is 13.3 Å². The molecule has 2 saturated heterocycles. The fraction of sp³-hybridized carbons (Fsp3) is 0.478. The van der Waals surface area contributed by atoms with Crippen LogP contribution in [0.15, 0.2) is 42.6 Å². The lowest BCUT2D eigenvalue weighted by Crippen LogP contribution is -2.46. The van der Waals surface area contributed by atoms with Crippen LogP contribution in [0.2, 0.25) is 0 Å². The number of benzene rings is 1. The molecule has 1 aromatic carbocycles. The van der Waals surface area contributed by atoms with E-state index in [-0.39, 0.29) is 5.91 Å². The number of likely N-dealkylation sites (tertiary alicyclic amines) is 1. The number of carbonyl (C=O) groups is 1. The van der Waals surface area contributed by atoms with Crippen LogP contribution < -0.4 is 14.5 Å². The van der Waals surface area contributed by atoms with Crippen molar-refractivity contribution in [3.05, 3.63) is 48.2 Å². The van der Waals surface area contributed by atoms with Crippen LogP contribution in [0.3, 0.4) is 0 Å². The summed E-state index contributed by atoms with van der Waals surface area (Å²) in [7, 11) is 1.69. The van der Waals surface area contributed by atoms with Gasteiger partial charge in [0.05, 0.1) is 7.11 Å². The summed E-state index contributed by atoms with van der Waals surface area (Å²) in [6.45, 7) is 5.38. The summed E-state index contributed by atoms with van der Waals surface area (Å²) in [5, 5.41) is 0. The summed E-state index contributed by atoms with van der Waals surface area (Å²) >= 11 is 0. The van der Waals surface area contributed by atoms with Gasteiger partial charge in [-0.3, -0.25) is 4.79 Å². The average Bonchev–Trinajstić information content (AvgIpc) is 3.08. The van der Waals surface area contributed by atoms with E-state index in [4.69, 9.17) is 4.74 Å². The van der Waals surface area contributed by atoms with E-state index in [0.717, 1.165) is 69.2 Å². The van der Waals surface area contributed by atoms with Crippen molar-refractivity contribution in [2.45, 2.75) is 25.7 Å². The lowest BCUT2D eigenvalue weighted by atomic mass is 10.2. The van der Waals surface area contributed by atoms with Crippen LogP contribution >= 0.6 is 0 Å². The monoisotopic (exact) mass is 394 g/mol. The molecular formula is C23H30N4O2. The SMILES string of the molecule is COc1ccc(N2CCN(c3cc(C(=O)N4CCCCCC4)ccn3)CC2)cc1. The van der Waals surface area contributed by atoms with Gasteiger partial charge >= 0.3 is 0 Å². The predicted octanol–water partition coefficient (Wildman–Crippen LogP) is 3.43. The van der Waals surface area contributed by atoms with Crippen LogP contribution in [0.25, 0.3) is 0 Å². The molecular weight excluding hydrogens is 364 g/mol. The third-order valence-electron chi connectivity index (χ3n) is 5.93. The van der Waals surface area contributed by atoms with Crippen LogP contribution in [-0.4, -0.2) is 62.2 Å². The Balaban J connectivity index is 1.39. The third kappa shape index (κ3) is 4.63. The Kier molecular flexibility index (Phi) is 6.17. The molecule has 1 aromatic heterocycles. The largest absolute Gasteiger partial charge is 0.497 e. The molecule has 0 radical (unpaired) electrons. The van der Waals surface area contributed by atoms with Crippen molar-refractivity contribution in [2.24, 2.45) is 0 Å². The first kappa shape index (κ1) is 19.6. The molecule has 2 aromatic rings. The van der Waals surface area contributed by atoms with Crippen LogP contribution in [0.5, 0.6) is 5.75 Å². The van der Waals surface area contributed by atoms with Crippen molar-refractivity contribution in [2.75, 3.05) is 56.2 Å². The summed E-state index contributed by atoms with van der Waals surface area (Å²) in [4.78, 5) is 24.1. The number of pyridine rings is 1. The standard InChI is InChI=1S/C23H30N4O2/c1-29-21-8-6-20(7-9-21)25-14-16-26(17-15-25)22-18-19(10-11-24-22)23(28)27-12-4-2-3-5-13-27/h6-11,18H,2-5,12-17H2,1H3. The van der Waals surface area contributed by atoms with Crippen molar-refractivity contribution in [1.82, 2.24) is 9.88 Å². The van der Waals surface area contributed by atoms with Crippen LogP contribution in [0.4, 0.5) is 11.5 Å². The van der Waals surface area contributed by atoms with E-state index in [1.165, 1.54) is 18.5 Å². The highest BCUT2D eigenvalue weighted by Crippen LogP contribution is 2.23. The van der Waals surface area contributed by atoms with Gasteiger partial charge in [0, 0.05) is 56.7 Å². The first-order valence-corrected chi connectivity index (χ1v) is 10.6. The van der Waals surface area contributed by atoms with Crippen LogP contribution in [-0.2, 0) is 0 Å². The fourth-order valence-electron chi connectivity index (χ4n) is 4.17. The predicted molar refractivity (Wildman–Crippen MR) is 116 cm³/mol. The Labute approximate surface area is 173 Å². The molecule has 0 spiro atoms. The minimum Gasteiger partial charge on any atom is -0.497 e. The Morgan fingerprint density at radius 3 is 2.17 bits per heavy atom. The van der Waals surface area contributed by atoms with E-state index in [1.807, 2.05) is 29.2 Å². The minimum atomic E-state index is 0.146. The molecule has 0 bridgehead atoms. The molecule has 1 amide bonds. The van der Waals surface area contributed by atoms with Gasteiger partial charge in [-0.2, -0.15) is 0 Å². The Hall–Kier alpha value is -2.76. The molecule has 154 valence electrons. The third-order valence-corrected chi connectivity index (χ3v) is 5.93. The van der Waals surface area contributed by atoms with E-state index >= 15 is 0 Å². The zero-order valence-corrected chi connectivity index (χ0v) is 17.2. The van der Waals surface area contributed by atoms with Crippen LogP contribution in [0, 0.1) is 0 Å². The van der Waals surface area contributed by atoms with Gasteiger partial charge in [0.25, 0.3) is 5.91 Å². The molecule has 0 aliphatic carbocycles. The minimum absolute atomic E-state index is 0.146. The molecule has 0 N–H and O–H groups in total. The average molecular weight is 395 g/mol. The van der Waals surface area contributed by atoms with Crippen molar-refractivity contribution in [1.29, 1.82) is 0 Å². The highest BCUT2D eigenvalue weighted by Gasteiger charge is 2.21. The molecule has 6 nitrogen and oxygen atoms in total. The first-order valence-electron chi connectivity index (χ1n) is 10.6.